The highest BCUT2D eigenvalue weighted by molar-refractivity contribution is 6.11. The molecule has 2 heterocycles. The Kier molecular flexibility index (Phi) is 5.68. The molecule has 0 saturated carbocycles. The Morgan fingerprint density at radius 3 is 2.57 bits per heavy atom. The zero-order valence-corrected chi connectivity index (χ0v) is 16.4. The molecule has 0 spiro atoms. The van der Waals surface area contributed by atoms with Crippen LogP contribution in [0.4, 0.5) is 0 Å². The second kappa shape index (κ2) is 8.53. The topological polar surface area (TPSA) is 38.1 Å². The lowest BCUT2D eigenvalue weighted by atomic mass is 9.95. The third kappa shape index (κ3) is 4.23. The molecule has 0 radical (unpaired) electrons. The number of carbonyl (C=O) groups is 1. The molecule has 4 nitrogen and oxygen atoms in total. The van der Waals surface area contributed by atoms with Crippen LogP contribution in [0.15, 0.2) is 66.7 Å². The molecule has 28 heavy (non-hydrogen) atoms. The Morgan fingerprint density at radius 2 is 1.79 bits per heavy atom. The van der Waals surface area contributed by atoms with Crippen LogP contribution in [-0.4, -0.2) is 40.1 Å². The van der Waals surface area contributed by atoms with Crippen molar-refractivity contribution in [1.29, 1.82) is 0 Å². The first-order valence-electron chi connectivity index (χ1n) is 10.1. The lowest BCUT2D eigenvalue weighted by Gasteiger charge is -2.30. The average molecular weight is 374 g/mol. The van der Waals surface area contributed by atoms with Crippen LogP contribution in [0.5, 0.6) is 0 Å². The normalized spacial score (nSPS) is 16.2. The predicted molar refractivity (Wildman–Crippen MR) is 113 cm³/mol. The van der Waals surface area contributed by atoms with Crippen LogP contribution in [0.1, 0.15) is 28.9 Å². The Bertz CT molecular complexity index is 966. The standard InChI is InChI=1S/C24H27N3O/c1-26-22-10-6-5-9-21(22)24(25-26)23(28)12-11-20-14-17-27(18-15-20)16-13-19-7-3-2-4-8-19/h2-12,20H,13-18H2,1H3. The maximum Gasteiger partial charge on any atom is 0.206 e. The van der Waals surface area contributed by atoms with Gasteiger partial charge in [0.15, 0.2) is 0 Å². The molecule has 1 saturated heterocycles. The van der Waals surface area contributed by atoms with E-state index in [4.69, 9.17) is 0 Å². The summed E-state index contributed by atoms with van der Waals surface area (Å²) in [7, 11) is 1.88. The third-order valence-corrected chi connectivity index (χ3v) is 5.70. The number of allylic oxidation sites excluding steroid dienone is 2. The summed E-state index contributed by atoms with van der Waals surface area (Å²) < 4.78 is 1.78. The van der Waals surface area contributed by atoms with Crippen molar-refractivity contribution in [2.45, 2.75) is 19.3 Å². The number of piperidine rings is 1. The molecule has 0 amide bonds. The van der Waals surface area contributed by atoms with E-state index >= 15 is 0 Å². The van der Waals surface area contributed by atoms with Crippen molar-refractivity contribution < 1.29 is 4.79 Å². The highest BCUT2D eigenvalue weighted by Gasteiger charge is 2.18. The van der Waals surface area contributed by atoms with Gasteiger partial charge in [-0.15, -0.1) is 0 Å². The van der Waals surface area contributed by atoms with Gasteiger partial charge in [0.25, 0.3) is 0 Å². The number of fused-ring (bicyclic) bond motifs is 1. The minimum atomic E-state index is 0.00306. The molecule has 4 heteroatoms. The van der Waals surface area contributed by atoms with E-state index in [1.807, 2.05) is 31.3 Å². The Morgan fingerprint density at radius 1 is 1.07 bits per heavy atom. The number of hydrogen-bond donors (Lipinski definition) is 0. The first-order chi connectivity index (χ1) is 13.7. The van der Waals surface area contributed by atoms with Gasteiger partial charge in [-0.05, 0) is 56.0 Å². The molecule has 4 rings (SSSR count). The maximum absolute atomic E-state index is 12.7. The molecule has 0 unspecified atom stereocenters. The molecule has 1 aliphatic rings. The van der Waals surface area contributed by atoms with Gasteiger partial charge in [-0.2, -0.15) is 5.10 Å². The molecule has 1 aliphatic heterocycles. The average Bonchev–Trinajstić information content (AvgIpc) is 3.09. The molecule has 1 aromatic heterocycles. The SMILES string of the molecule is Cn1nc(C(=O)C=CC2CCN(CCc3ccccc3)CC2)c2ccccc21. The Labute approximate surface area is 166 Å². The maximum atomic E-state index is 12.7. The van der Waals surface area contributed by atoms with Gasteiger partial charge >= 0.3 is 0 Å². The lowest BCUT2D eigenvalue weighted by Crippen LogP contribution is -2.34. The van der Waals surface area contributed by atoms with Crippen LogP contribution in [0.2, 0.25) is 0 Å². The number of nitrogens with zero attached hydrogens (tertiary/aromatic N) is 3. The quantitative estimate of drug-likeness (QED) is 0.478. The molecule has 1 fully saturated rings. The number of para-hydroxylation sites is 1. The fourth-order valence-electron chi connectivity index (χ4n) is 4.00. The van der Waals surface area contributed by atoms with E-state index in [9.17, 15) is 4.79 Å². The minimum absolute atomic E-state index is 0.00306. The molecule has 0 aliphatic carbocycles. The monoisotopic (exact) mass is 373 g/mol. The van der Waals surface area contributed by atoms with Gasteiger partial charge in [0.1, 0.15) is 5.69 Å². The molecular formula is C24H27N3O. The summed E-state index contributed by atoms with van der Waals surface area (Å²) in [5.74, 6) is 0.482. The van der Waals surface area contributed by atoms with Crippen LogP contribution in [0, 0.1) is 5.92 Å². The summed E-state index contributed by atoms with van der Waals surface area (Å²) in [4.78, 5) is 15.2. The number of aromatic nitrogens is 2. The van der Waals surface area contributed by atoms with Gasteiger partial charge in [0.2, 0.25) is 5.78 Å². The number of aryl methyl sites for hydroxylation is 1. The highest BCUT2D eigenvalue weighted by atomic mass is 16.1. The van der Waals surface area contributed by atoms with Crippen LogP contribution < -0.4 is 0 Å². The van der Waals surface area contributed by atoms with Crippen molar-refractivity contribution >= 4 is 16.7 Å². The third-order valence-electron chi connectivity index (χ3n) is 5.70. The number of benzene rings is 2. The molecule has 0 bridgehead atoms. The second-order valence-electron chi connectivity index (χ2n) is 7.63. The van der Waals surface area contributed by atoms with E-state index in [1.165, 1.54) is 5.56 Å². The van der Waals surface area contributed by atoms with Crippen molar-refractivity contribution in [3.05, 3.63) is 78.0 Å². The summed E-state index contributed by atoms with van der Waals surface area (Å²) in [6, 6.07) is 18.6. The van der Waals surface area contributed by atoms with Crippen LogP contribution >= 0.6 is 0 Å². The minimum Gasteiger partial charge on any atom is -0.303 e. The fraction of sp³-hybridized carbons (Fsp3) is 0.333. The van der Waals surface area contributed by atoms with Gasteiger partial charge in [-0.1, -0.05) is 54.6 Å². The summed E-state index contributed by atoms with van der Waals surface area (Å²) in [5.41, 5.74) is 2.94. The largest absolute Gasteiger partial charge is 0.303 e. The van der Waals surface area contributed by atoms with Gasteiger partial charge in [0.05, 0.1) is 5.52 Å². The van der Waals surface area contributed by atoms with Crippen LogP contribution in [0.3, 0.4) is 0 Å². The fourth-order valence-corrected chi connectivity index (χ4v) is 4.00. The number of rotatable bonds is 6. The molecule has 3 aromatic rings. The number of likely N-dealkylation sites (tertiary alicyclic amines) is 1. The van der Waals surface area contributed by atoms with E-state index in [0.29, 0.717) is 11.6 Å². The zero-order valence-electron chi connectivity index (χ0n) is 16.4. The predicted octanol–water partition coefficient (Wildman–Crippen LogP) is 4.27. The second-order valence-corrected chi connectivity index (χ2v) is 7.63. The molecule has 144 valence electrons. The number of ketones is 1. The van der Waals surface area contributed by atoms with Crippen molar-refractivity contribution in [3.63, 3.8) is 0 Å². The highest BCUT2D eigenvalue weighted by Crippen LogP contribution is 2.21. The summed E-state index contributed by atoms with van der Waals surface area (Å²) in [6.45, 7) is 3.31. The van der Waals surface area contributed by atoms with Crippen molar-refractivity contribution in [1.82, 2.24) is 14.7 Å². The van der Waals surface area contributed by atoms with Crippen LogP contribution in [-0.2, 0) is 13.5 Å². The molecular weight excluding hydrogens is 346 g/mol. The number of carbonyl (C=O) groups excluding carboxylic acids is 1. The van der Waals surface area contributed by atoms with Gasteiger partial charge in [0, 0.05) is 19.0 Å². The smallest absolute Gasteiger partial charge is 0.206 e. The van der Waals surface area contributed by atoms with E-state index < -0.39 is 0 Å². The van der Waals surface area contributed by atoms with E-state index in [-0.39, 0.29) is 5.78 Å². The van der Waals surface area contributed by atoms with Gasteiger partial charge in [-0.25, -0.2) is 0 Å². The summed E-state index contributed by atoms with van der Waals surface area (Å²) in [5, 5.41) is 5.35. The van der Waals surface area contributed by atoms with E-state index in [2.05, 4.69) is 46.4 Å². The Balaban J connectivity index is 1.30. The van der Waals surface area contributed by atoms with Gasteiger partial charge < -0.3 is 4.90 Å². The summed E-state index contributed by atoms with van der Waals surface area (Å²) >= 11 is 0. The zero-order chi connectivity index (χ0) is 19.3. The molecule has 0 N–H and O–H groups in total. The van der Waals surface area contributed by atoms with Crippen molar-refractivity contribution in [2.24, 2.45) is 13.0 Å². The van der Waals surface area contributed by atoms with Crippen molar-refractivity contribution in [3.8, 4) is 0 Å². The lowest BCUT2D eigenvalue weighted by molar-refractivity contribution is 0.104. The first-order valence-corrected chi connectivity index (χ1v) is 10.1. The first kappa shape index (κ1) is 18.6. The van der Waals surface area contributed by atoms with E-state index in [1.54, 1.807) is 10.8 Å². The Hall–Kier alpha value is -2.72. The van der Waals surface area contributed by atoms with Crippen LogP contribution in [0.25, 0.3) is 10.9 Å². The number of hydrogen-bond acceptors (Lipinski definition) is 3. The summed E-state index contributed by atoms with van der Waals surface area (Å²) in [6.07, 6.45) is 7.16. The van der Waals surface area contributed by atoms with Gasteiger partial charge in [-0.3, -0.25) is 9.48 Å². The molecule has 2 aromatic carbocycles. The molecule has 0 atom stereocenters. The van der Waals surface area contributed by atoms with Crippen molar-refractivity contribution in [2.75, 3.05) is 19.6 Å². The van der Waals surface area contributed by atoms with E-state index in [0.717, 1.165) is 49.8 Å².